The lowest BCUT2D eigenvalue weighted by atomic mass is 10.1. The zero-order valence-electron chi connectivity index (χ0n) is 14.9. The highest BCUT2D eigenvalue weighted by Gasteiger charge is 2.07. The summed E-state index contributed by atoms with van der Waals surface area (Å²) in [5, 5.41) is 16.7. The van der Waals surface area contributed by atoms with Crippen LogP contribution in [0.4, 0.5) is 0 Å². The number of aliphatic hydroxyl groups is 1. The molecule has 0 bridgehead atoms. The molecule has 3 N–H and O–H groups in total. The van der Waals surface area contributed by atoms with Crippen LogP contribution in [-0.2, 0) is 6.54 Å². The second-order valence-corrected chi connectivity index (χ2v) is 6.56. The van der Waals surface area contributed by atoms with Gasteiger partial charge in [-0.1, -0.05) is 42.5 Å². The second-order valence-electron chi connectivity index (χ2n) is 5.69. The number of hydrogen-bond donors (Lipinski definition) is 3. The van der Waals surface area contributed by atoms with E-state index >= 15 is 0 Å². The number of thioether (sulfide) groups is 1. The van der Waals surface area contributed by atoms with Gasteiger partial charge in [0.2, 0.25) is 0 Å². The quantitative estimate of drug-likeness (QED) is 0.384. The number of aliphatic imine (C=N–C) groups is 1. The monoisotopic (exact) mass is 357 g/mol. The van der Waals surface area contributed by atoms with Crippen LogP contribution in [0, 0.1) is 0 Å². The van der Waals surface area contributed by atoms with Gasteiger partial charge in [-0.2, -0.15) is 0 Å². The van der Waals surface area contributed by atoms with E-state index in [2.05, 4.69) is 46.1 Å². The lowest BCUT2D eigenvalue weighted by Gasteiger charge is -2.14. The third-order valence-electron chi connectivity index (χ3n) is 3.82. The Bertz CT molecular complexity index is 644. The minimum Gasteiger partial charge on any atom is -0.388 e. The van der Waals surface area contributed by atoms with Gasteiger partial charge in [0.15, 0.2) is 5.96 Å². The van der Waals surface area contributed by atoms with Gasteiger partial charge in [-0.05, 0) is 42.9 Å². The molecule has 2 aromatic carbocycles. The smallest absolute Gasteiger partial charge is 0.191 e. The molecule has 1 unspecified atom stereocenters. The summed E-state index contributed by atoms with van der Waals surface area (Å²) in [7, 11) is 0. The minimum atomic E-state index is -0.462. The van der Waals surface area contributed by atoms with E-state index in [9.17, 15) is 5.11 Å². The number of aliphatic hydroxyl groups excluding tert-OH is 1. The Balaban J connectivity index is 1.84. The van der Waals surface area contributed by atoms with Crippen molar-refractivity contribution >= 4 is 17.7 Å². The number of benzene rings is 2. The molecule has 0 radical (unpaired) electrons. The molecular weight excluding hydrogens is 330 g/mol. The summed E-state index contributed by atoms with van der Waals surface area (Å²) in [4.78, 5) is 5.87. The number of guanidine groups is 1. The number of rotatable bonds is 8. The first-order valence-corrected chi connectivity index (χ1v) is 9.83. The molecule has 0 aliphatic carbocycles. The fraction of sp³-hybridized carbons (Fsp3) is 0.350. The van der Waals surface area contributed by atoms with E-state index in [-0.39, 0.29) is 0 Å². The van der Waals surface area contributed by atoms with Crippen LogP contribution in [-0.4, -0.2) is 30.4 Å². The summed E-state index contributed by atoms with van der Waals surface area (Å²) in [6, 6.07) is 18.2. The topological polar surface area (TPSA) is 56.7 Å². The van der Waals surface area contributed by atoms with Gasteiger partial charge in [0, 0.05) is 18.0 Å². The Morgan fingerprint density at radius 2 is 1.80 bits per heavy atom. The van der Waals surface area contributed by atoms with Gasteiger partial charge in [0.1, 0.15) is 0 Å². The standard InChI is InChI=1S/C20H27N3OS/c1-3-21-20(23-15-16-9-11-18(25-2)12-10-16)22-14-13-19(24)17-7-5-4-6-8-17/h4-12,19,24H,3,13-15H2,1-2H3,(H2,21,22,23). The highest BCUT2D eigenvalue weighted by molar-refractivity contribution is 7.98. The molecule has 2 aromatic rings. The predicted molar refractivity (Wildman–Crippen MR) is 107 cm³/mol. The van der Waals surface area contributed by atoms with Gasteiger partial charge in [-0.25, -0.2) is 4.99 Å². The Hall–Kier alpha value is -1.98. The average Bonchev–Trinajstić information content (AvgIpc) is 2.67. The Morgan fingerprint density at radius 3 is 2.44 bits per heavy atom. The maximum absolute atomic E-state index is 10.2. The number of nitrogens with one attached hydrogen (secondary N) is 2. The first-order chi connectivity index (χ1) is 12.2. The highest BCUT2D eigenvalue weighted by atomic mass is 32.2. The maximum atomic E-state index is 10.2. The zero-order chi connectivity index (χ0) is 17.9. The van der Waals surface area contributed by atoms with Gasteiger partial charge in [-0.3, -0.25) is 0 Å². The van der Waals surface area contributed by atoms with Crippen LogP contribution < -0.4 is 10.6 Å². The van der Waals surface area contributed by atoms with Crippen LogP contribution in [0.1, 0.15) is 30.6 Å². The molecule has 0 saturated heterocycles. The van der Waals surface area contributed by atoms with Gasteiger partial charge >= 0.3 is 0 Å². The molecule has 1 atom stereocenters. The Labute approximate surface area is 154 Å². The fourth-order valence-electron chi connectivity index (χ4n) is 2.41. The van der Waals surface area contributed by atoms with Crippen LogP contribution in [0.15, 0.2) is 64.5 Å². The molecule has 0 amide bonds. The van der Waals surface area contributed by atoms with Crippen molar-refractivity contribution < 1.29 is 5.11 Å². The normalized spacial score (nSPS) is 12.7. The van der Waals surface area contributed by atoms with Crippen LogP contribution in [0.2, 0.25) is 0 Å². The van der Waals surface area contributed by atoms with Crippen molar-refractivity contribution in [2.75, 3.05) is 19.3 Å². The van der Waals surface area contributed by atoms with E-state index in [0.29, 0.717) is 19.5 Å². The first kappa shape index (κ1) is 19.3. The SMILES string of the molecule is CCNC(=NCc1ccc(SC)cc1)NCCC(O)c1ccccc1. The van der Waals surface area contributed by atoms with E-state index in [4.69, 9.17) is 0 Å². The molecule has 5 heteroatoms. The van der Waals surface area contributed by atoms with Crippen molar-refractivity contribution in [2.45, 2.75) is 30.9 Å². The summed E-state index contributed by atoms with van der Waals surface area (Å²) < 4.78 is 0. The van der Waals surface area contributed by atoms with Crippen LogP contribution in [0.5, 0.6) is 0 Å². The Morgan fingerprint density at radius 1 is 1.08 bits per heavy atom. The van der Waals surface area contributed by atoms with E-state index in [0.717, 1.165) is 18.1 Å². The van der Waals surface area contributed by atoms with Crippen molar-refractivity contribution in [3.8, 4) is 0 Å². The van der Waals surface area contributed by atoms with Crippen LogP contribution in [0.25, 0.3) is 0 Å². The molecule has 0 saturated carbocycles. The van der Waals surface area contributed by atoms with Crippen molar-refractivity contribution in [3.05, 3.63) is 65.7 Å². The molecule has 0 aromatic heterocycles. The molecule has 4 nitrogen and oxygen atoms in total. The van der Waals surface area contributed by atoms with Crippen LogP contribution >= 0.6 is 11.8 Å². The van der Waals surface area contributed by atoms with E-state index in [1.807, 2.05) is 37.3 Å². The van der Waals surface area contributed by atoms with E-state index < -0.39 is 6.10 Å². The molecule has 0 heterocycles. The van der Waals surface area contributed by atoms with Gasteiger partial charge < -0.3 is 15.7 Å². The summed E-state index contributed by atoms with van der Waals surface area (Å²) in [5.74, 6) is 0.775. The van der Waals surface area contributed by atoms with Gasteiger partial charge in [0.05, 0.1) is 12.6 Å². The molecule has 0 aliphatic heterocycles. The first-order valence-electron chi connectivity index (χ1n) is 8.61. The molecule has 2 rings (SSSR count). The van der Waals surface area contributed by atoms with Crippen molar-refractivity contribution in [3.63, 3.8) is 0 Å². The summed E-state index contributed by atoms with van der Waals surface area (Å²) in [5.41, 5.74) is 2.12. The minimum absolute atomic E-state index is 0.462. The number of hydrogen-bond acceptors (Lipinski definition) is 3. The van der Waals surface area contributed by atoms with Crippen molar-refractivity contribution in [2.24, 2.45) is 4.99 Å². The second kappa shape index (κ2) is 10.8. The predicted octanol–water partition coefficient (Wildman–Crippen LogP) is 3.59. The average molecular weight is 358 g/mol. The Kier molecular flexibility index (Phi) is 8.35. The van der Waals surface area contributed by atoms with Crippen molar-refractivity contribution in [1.29, 1.82) is 0 Å². The fourth-order valence-corrected chi connectivity index (χ4v) is 2.82. The third-order valence-corrected chi connectivity index (χ3v) is 4.56. The lowest BCUT2D eigenvalue weighted by Crippen LogP contribution is -2.38. The maximum Gasteiger partial charge on any atom is 0.191 e. The molecular formula is C20H27N3OS. The molecule has 0 aliphatic rings. The highest BCUT2D eigenvalue weighted by Crippen LogP contribution is 2.16. The van der Waals surface area contributed by atoms with Crippen LogP contribution in [0.3, 0.4) is 0 Å². The summed E-state index contributed by atoms with van der Waals surface area (Å²) in [6.07, 6.45) is 2.25. The van der Waals surface area contributed by atoms with Crippen molar-refractivity contribution in [1.82, 2.24) is 10.6 Å². The molecule has 0 fully saturated rings. The van der Waals surface area contributed by atoms with E-state index in [1.54, 1.807) is 11.8 Å². The van der Waals surface area contributed by atoms with Gasteiger partial charge in [-0.15, -0.1) is 11.8 Å². The summed E-state index contributed by atoms with van der Waals surface area (Å²) in [6.45, 7) is 4.14. The third kappa shape index (κ3) is 6.80. The van der Waals surface area contributed by atoms with E-state index in [1.165, 1.54) is 10.5 Å². The largest absolute Gasteiger partial charge is 0.388 e. The molecule has 0 spiro atoms. The lowest BCUT2D eigenvalue weighted by molar-refractivity contribution is 0.168. The zero-order valence-corrected chi connectivity index (χ0v) is 15.7. The molecule has 134 valence electrons. The number of nitrogens with zero attached hydrogens (tertiary/aromatic N) is 1. The summed E-state index contributed by atoms with van der Waals surface area (Å²) >= 11 is 1.74. The molecule has 25 heavy (non-hydrogen) atoms. The van der Waals surface area contributed by atoms with Gasteiger partial charge in [0.25, 0.3) is 0 Å².